The minimum absolute atomic E-state index is 0.254. The van der Waals surface area contributed by atoms with Crippen LogP contribution in [0.2, 0.25) is 0 Å². The average molecular weight is 333 g/mol. The summed E-state index contributed by atoms with van der Waals surface area (Å²) in [4.78, 5) is 14.7. The van der Waals surface area contributed by atoms with Crippen molar-refractivity contribution < 1.29 is 9.53 Å². The lowest BCUT2D eigenvalue weighted by atomic mass is 9.91. The first-order chi connectivity index (χ1) is 12.3. The van der Waals surface area contributed by atoms with Crippen LogP contribution in [-0.4, -0.2) is 30.1 Å². The van der Waals surface area contributed by atoms with Gasteiger partial charge in [-0.2, -0.15) is 0 Å². The Bertz CT molecular complexity index is 797. The maximum atomic E-state index is 12.1. The van der Waals surface area contributed by atoms with Crippen molar-refractivity contribution in [1.29, 1.82) is 0 Å². The van der Waals surface area contributed by atoms with Gasteiger partial charge in [-0.3, -0.25) is 4.90 Å². The van der Waals surface area contributed by atoms with Gasteiger partial charge < -0.3 is 4.74 Å². The van der Waals surface area contributed by atoms with E-state index in [0.29, 0.717) is 17.6 Å². The van der Waals surface area contributed by atoms with E-state index in [1.54, 1.807) is 0 Å². The third kappa shape index (κ3) is 3.12. The molecule has 2 aromatic carbocycles. The molecule has 0 N–H and O–H groups in total. The number of rotatable bonds is 4. The van der Waals surface area contributed by atoms with Crippen molar-refractivity contribution >= 4 is 11.5 Å². The number of ether oxygens (including phenoxy) is 1. The van der Waals surface area contributed by atoms with Gasteiger partial charge in [-0.15, -0.1) is 0 Å². The van der Waals surface area contributed by atoms with E-state index in [4.69, 9.17) is 4.74 Å². The summed E-state index contributed by atoms with van der Waals surface area (Å²) in [5, 5.41) is 0. The first kappa shape index (κ1) is 16.1. The summed E-state index contributed by atoms with van der Waals surface area (Å²) in [5.74, 6) is -0.254. The van der Waals surface area contributed by atoms with Gasteiger partial charge in [0.15, 0.2) is 0 Å². The van der Waals surface area contributed by atoms with E-state index >= 15 is 0 Å². The Labute approximate surface area is 148 Å². The molecular weight excluding hydrogens is 310 g/mol. The normalized spacial score (nSPS) is 22.5. The number of hydrogen-bond acceptors (Lipinski definition) is 3. The van der Waals surface area contributed by atoms with E-state index in [1.807, 2.05) is 24.3 Å². The summed E-state index contributed by atoms with van der Waals surface area (Å²) in [6.45, 7) is 0.999. The van der Waals surface area contributed by atoms with Gasteiger partial charge in [-0.05, 0) is 42.0 Å². The van der Waals surface area contributed by atoms with E-state index in [9.17, 15) is 4.79 Å². The molecule has 0 spiro atoms. The monoisotopic (exact) mass is 333 g/mol. The Hall–Kier alpha value is -2.39. The molecule has 2 atom stereocenters. The molecule has 2 aliphatic rings. The summed E-state index contributed by atoms with van der Waals surface area (Å²) in [5.41, 5.74) is 4.36. The van der Waals surface area contributed by atoms with Crippen LogP contribution < -0.4 is 0 Å². The zero-order chi connectivity index (χ0) is 17.2. The van der Waals surface area contributed by atoms with Gasteiger partial charge in [0.2, 0.25) is 0 Å². The topological polar surface area (TPSA) is 29.5 Å². The van der Waals surface area contributed by atoms with Crippen LogP contribution in [0.15, 0.2) is 60.7 Å². The molecule has 2 aliphatic heterocycles. The second-order valence-electron chi connectivity index (χ2n) is 6.89. The second kappa shape index (κ2) is 6.85. The Morgan fingerprint density at radius 2 is 1.84 bits per heavy atom. The van der Waals surface area contributed by atoms with Gasteiger partial charge in [-0.1, -0.05) is 54.6 Å². The molecule has 4 rings (SSSR count). The highest BCUT2D eigenvalue weighted by atomic mass is 16.5. The molecule has 1 fully saturated rings. The van der Waals surface area contributed by atoms with E-state index in [0.717, 1.165) is 18.5 Å². The van der Waals surface area contributed by atoms with Crippen LogP contribution in [0.5, 0.6) is 0 Å². The number of esters is 1. The molecule has 128 valence electrons. The number of carbonyl (C=O) groups excluding carboxylic acids is 1. The molecule has 0 aliphatic carbocycles. The molecule has 2 aromatic rings. The Morgan fingerprint density at radius 3 is 2.60 bits per heavy atom. The Morgan fingerprint density at radius 1 is 1.08 bits per heavy atom. The van der Waals surface area contributed by atoms with Crippen molar-refractivity contribution in [2.45, 2.75) is 37.9 Å². The van der Waals surface area contributed by atoms with E-state index < -0.39 is 0 Å². The van der Waals surface area contributed by atoms with Crippen LogP contribution >= 0.6 is 0 Å². The molecular formula is C22H23NO2. The van der Waals surface area contributed by atoms with Crippen LogP contribution in [0.1, 0.15) is 40.7 Å². The Balaban J connectivity index is 1.61. The van der Waals surface area contributed by atoms with Gasteiger partial charge in [-0.25, -0.2) is 4.79 Å². The van der Waals surface area contributed by atoms with E-state index in [2.05, 4.69) is 41.3 Å². The first-order valence-electron chi connectivity index (χ1n) is 8.94. The molecule has 25 heavy (non-hydrogen) atoms. The lowest BCUT2D eigenvalue weighted by Crippen LogP contribution is -2.37. The van der Waals surface area contributed by atoms with Gasteiger partial charge in [0.25, 0.3) is 0 Å². The van der Waals surface area contributed by atoms with Crippen molar-refractivity contribution in [2.75, 3.05) is 7.11 Å². The van der Waals surface area contributed by atoms with Crippen molar-refractivity contribution in [3.8, 4) is 0 Å². The van der Waals surface area contributed by atoms with Gasteiger partial charge in [0, 0.05) is 18.6 Å². The lowest BCUT2D eigenvalue weighted by Gasteiger charge is -2.34. The largest absolute Gasteiger partial charge is 0.465 e. The van der Waals surface area contributed by atoms with Crippen LogP contribution in [0.3, 0.4) is 0 Å². The Kier molecular flexibility index (Phi) is 4.41. The second-order valence-corrected chi connectivity index (χ2v) is 6.89. The molecule has 0 aromatic heterocycles. The van der Waals surface area contributed by atoms with Crippen LogP contribution in [-0.2, 0) is 11.3 Å². The third-order valence-electron chi connectivity index (χ3n) is 5.43. The van der Waals surface area contributed by atoms with Gasteiger partial charge in [0.1, 0.15) is 0 Å². The van der Waals surface area contributed by atoms with Crippen molar-refractivity contribution in [3.63, 3.8) is 0 Å². The average Bonchev–Trinajstić information content (AvgIpc) is 2.90. The molecule has 2 bridgehead atoms. The SMILES string of the molecule is COC(=O)c1ccccc1C1=CC2CCC(C1)N2Cc1ccccc1. The maximum Gasteiger partial charge on any atom is 0.338 e. The van der Waals surface area contributed by atoms with Crippen LogP contribution in [0.4, 0.5) is 0 Å². The summed E-state index contributed by atoms with van der Waals surface area (Å²) in [6.07, 6.45) is 5.78. The highest BCUT2D eigenvalue weighted by molar-refractivity contribution is 5.95. The smallest absolute Gasteiger partial charge is 0.338 e. The lowest BCUT2D eigenvalue weighted by molar-refractivity contribution is 0.0600. The van der Waals surface area contributed by atoms with Crippen molar-refractivity contribution in [1.82, 2.24) is 4.90 Å². The number of benzene rings is 2. The number of fused-ring (bicyclic) bond motifs is 2. The van der Waals surface area contributed by atoms with E-state index in [-0.39, 0.29) is 5.97 Å². The number of methoxy groups -OCH3 is 1. The minimum Gasteiger partial charge on any atom is -0.465 e. The molecule has 3 heteroatoms. The zero-order valence-corrected chi connectivity index (χ0v) is 14.5. The predicted molar refractivity (Wildman–Crippen MR) is 99.2 cm³/mol. The zero-order valence-electron chi connectivity index (χ0n) is 14.5. The van der Waals surface area contributed by atoms with E-state index in [1.165, 1.54) is 31.1 Å². The predicted octanol–water partition coefficient (Wildman–Crippen LogP) is 4.29. The fourth-order valence-electron chi connectivity index (χ4n) is 4.21. The minimum atomic E-state index is -0.254. The molecule has 3 nitrogen and oxygen atoms in total. The molecule has 0 radical (unpaired) electrons. The fraction of sp³-hybridized carbons (Fsp3) is 0.318. The van der Waals surface area contributed by atoms with Crippen molar-refractivity contribution in [3.05, 3.63) is 77.4 Å². The number of nitrogens with zero attached hydrogens (tertiary/aromatic N) is 1. The highest BCUT2D eigenvalue weighted by Gasteiger charge is 2.37. The summed E-state index contributed by atoms with van der Waals surface area (Å²) in [7, 11) is 1.44. The number of hydrogen-bond donors (Lipinski definition) is 0. The fourth-order valence-corrected chi connectivity index (χ4v) is 4.21. The van der Waals surface area contributed by atoms with Crippen molar-refractivity contribution in [2.24, 2.45) is 0 Å². The molecule has 1 saturated heterocycles. The molecule has 2 heterocycles. The highest BCUT2D eigenvalue weighted by Crippen LogP contribution is 2.40. The summed E-state index contributed by atoms with van der Waals surface area (Å²) in [6, 6.07) is 19.5. The maximum absolute atomic E-state index is 12.1. The van der Waals surface area contributed by atoms with Crippen LogP contribution in [0.25, 0.3) is 5.57 Å². The molecule has 2 unspecified atom stereocenters. The van der Waals surface area contributed by atoms with Gasteiger partial charge in [0.05, 0.1) is 12.7 Å². The quantitative estimate of drug-likeness (QED) is 0.782. The summed E-state index contributed by atoms with van der Waals surface area (Å²) >= 11 is 0. The third-order valence-corrected chi connectivity index (χ3v) is 5.43. The molecule has 0 amide bonds. The number of carbonyl (C=O) groups is 1. The van der Waals surface area contributed by atoms with Crippen LogP contribution in [0, 0.1) is 0 Å². The standard InChI is InChI=1S/C22H23NO2/c1-25-22(24)21-10-6-5-9-20(21)17-13-18-11-12-19(14-17)23(18)15-16-7-3-2-4-8-16/h2-10,13,18-19H,11-12,14-15H2,1H3. The summed E-state index contributed by atoms with van der Waals surface area (Å²) < 4.78 is 4.96. The molecule has 0 saturated carbocycles. The first-order valence-corrected chi connectivity index (χ1v) is 8.94. The van der Waals surface area contributed by atoms with Gasteiger partial charge >= 0.3 is 5.97 Å².